The zero-order valence-corrected chi connectivity index (χ0v) is 18.1. The molecule has 0 saturated carbocycles. The molecule has 0 unspecified atom stereocenters. The normalized spacial score (nSPS) is 11.0. The maximum absolute atomic E-state index is 12.7. The number of rotatable bonds is 6. The van der Waals surface area contributed by atoms with E-state index < -0.39 is 11.9 Å². The minimum absolute atomic E-state index is 0.112. The van der Waals surface area contributed by atoms with Crippen LogP contribution in [0.1, 0.15) is 37.7 Å². The third-order valence-electron chi connectivity index (χ3n) is 5.19. The molecule has 0 aliphatic heterocycles. The van der Waals surface area contributed by atoms with Gasteiger partial charge < -0.3 is 9.67 Å². The average Bonchev–Trinajstić information content (AvgIpc) is 3.17. The fourth-order valence-electron chi connectivity index (χ4n) is 3.53. The number of amides is 1. The summed E-state index contributed by atoms with van der Waals surface area (Å²) in [5.74, 6) is -1.50. The van der Waals surface area contributed by atoms with Gasteiger partial charge in [-0.25, -0.2) is 20.2 Å². The van der Waals surface area contributed by atoms with Gasteiger partial charge in [0.1, 0.15) is 6.33 Å². The lowest BCUT2D eigenvalue weighted by Crippen LogP contribution is -2.19. The summed E-state index contributed by atoms with van der Waals surface area (Å²) in [7, 11) is 0. The number of carbonyl (C=O) groups excluding carboxylic acids is 1. The first kappa shape index (κ1) is 21.6. The molecule has 0 bridgehead atoms. The largest absolute Gasteiger partial charge is 0.478 e. The van der Waals surface area contributed by atoms with Gasteiger partial charge >= 0.3 is 5.97 Å². The van der Waals surface area contributed by atoms with Crippen LogP contribution in [0.3, 0.4) is 0 Å². The molecule has 0 aliphatic carbocycles. The molecule has 4 aromatic rings. The van der Waals surface area contributed by atoms with Crippen molar-refractivity contribution in [3.63, 3.8) is 0 Å². The Labute approximate surface area is 190 Å². The van der Waals surface area contributed by atoms with E-state index in [9.17, 15) is 14.7 Å². The van der Waals surface area contributed by atoms with E-state index in [4.69, 9.17) is 0 Å². The number of aromatic nitrogens is 3. The first-order valence-corrected chi connectivity index (χ1v) is 10.2. The van der Waals surface area contributed by atoms with Gasteiger partial charge in [0.15, 0.2) is 0 Å². The third kappa shape index (κ3) is 4.69. The summed E-state index contributed by atoms with van der Waals surface area (Å²) in [4.78, 5) is 32.4. The fourth-order valence-corrected chi connectivity index (χ4v) is 3.53. The van der Waals surface area contributed by atoms with E-state index in [2.05, 4.69) is 20.5 Å². The number of carboxylic acids is 1. The van der Waals surface area contributed by atoms with Crippen LogP contribution in [0.5, 0.6) is 0 Å². The number of aromatic carboxylic acids is 1. The predicted octanol–water partition coefficient (Wildman–Crippen LogP) is 4.01. The summed E-state index contributed by atoms with van der Waals surface area (Å²) in [5.41, 5.74) is 7.77. The van der Waals surface area contributed by atoms with E-state index in [-0.39, 0.29) is 5.56 Å². The molecule has 2 aromatic carbocycles. The second-order valence-corrected chi connectivity index (χ2v) is 7.44. The Hall–Kier alpha value is -4.59. The van der Waals surface area contributed by atoms with E-state index in [0.717, 1.165) is 28.1 Å². The molecule has 2 heterocycles. The van der Waals surface area contributed by atoms with E-state index in [1.54, 1.807) is 18.5 Å². The van der Waals surface area contributed by atoms with Gasteiger partial charge in [-0.3, -0.25) is 4.79 Å². The molecule has 0 fully saturated rings. The average molecular weight is 439 g/mol. The number of nitrogens with one attached hydrogen (secondary N) is 1. The lowest BCUT2D eigenvalue weighted by Gasteiger charge is -2.14. The molecular weight excluding hydrogens is 418 g/mol. The van der Waals surface area contributed by atoms with Crippen LogP contribution >= 0.6 is 0 Å². The second-order valence-electron chi connectivity index (χ2n) is 7.44. The number of hydrogen-bond acceptors (Lipinski definition) is 5. The number of aryl methyl sites for hydroxylation is 2. The molecule has 164 valence electrons. The Bertz CT molecular complexity index is 1320. The van der Waals surface area contributed by atoms with Crippen LogP contribution in [0.15, 0.2) is 78.4 Å². The van der Waals surface area contributed by atoms with Crippen molar-refractivity contribution in [2.75, 3.05) is 0 Å². The lowest BCUT2D eigenvalue weighted by atomic mass is 10.1. The SMILES string of the molecule is Cc1ccc(C)n1-c1cc(C(=O)NN=Cc2ccc(-c3cncnc3)cc2)ccc1C(=O)O. The maximum Gasteiger partial charge on any atom is 0.337 e. The molecule has 0 atom stereocenters. The Kier molecular flexibility index (Phi) is 6.08. The minimum atomic E-state index is -1.06. The Balaban J connectivity index is 1.51. The van der Waals surface area contributed by atoms with Gasteiger partial charge in [0.2, 0.25) is 0 Å². The van der Waals surface area contributed by atoms with Gasteiger partial charge in [-0.1, -0.05) is 24.3 Å². The molecule has 33 heavy (non-hydrogen) atoms. The molecule has 0 radical (unpaired) electrons. The van der Waals surface area contributed by atoms with Gasteiger partial charge in [0.25, 0.3) is 5.91 Å². The highest BCUT2D eigenvalue weighted by molar-refractivity contribution is 5.98. The summed E-state index contributed by atoms with van der Waals surface area (Å²) >= 11 is 0. The van der Waals surface area contributed by atoms with Crippen LogP contribution in [0.2, 0.25) is 0 Å². The second kappa shape index (κ2) is 9.27. The van der Waals surface area contributed by atoms with Crippen molar-refractivity contribution in [2.24, 2.45) is 5.10 Å². The van der Waals surface area contributed by atoms with Gasteiger partial charge in [-0.2, -0.15) is 5.10 Å². The summed E-state index contributed by atoms with van der Waals surface area (Å²) in [6, 6.07) is 15.8. The Morgan fingerprint density at radius 2 is 1.61 bits per heavy atom. The van der Waals surface area contributed by atoms with Crippen LogP contribution in [0.4, 0.5) is 0 Å². The number of carbonyl (C=O) groups is 2. The first-order chi connectivity index (χ1) is 15.9. The van der Waals surface area contributed by atoms with E-state index in [1.165, 1.54) is 24.7 Å². The monoisotopic (exact) mass is 439 g/mol. The van der Waals surface area contributed by atoms with Crippen LogP contribution in [0.25, 0.3) is 16.8 Å². The predicted molar refractivity (Wildman–Crippen MR) is 125 cm³/mol. The molecule has 1 amide bonds. The van der Waals surface area contributed by atoms with Gasteiger partial charge in [-0.05, 0) is 55.3 Å². The van der Waals surface area contributed by atoms with E-state index >= 15 is 0 Å². The first-order valence-electron chi connectivity index (χ1n) is 10.2. The van der Waals surface area contributed by atoms with Gasteiger partial charge in [0, 0.05) is 34.9 Å². The minimum Gasteiger partial charge on any atom is -0.478 e. The zero-order valence-electron chi connectivity index (χ0n) is 18.1. The molecule has 8 nitrogen and oxygen atoms in total. The lowest BCUT2D eigenvalue weighted by molar-refractivity contribution is 0.0696. The molecule has 0 saturated heterocycles. The molecule has 2 N–H and O–H groups in total. The number of carboxylic acid groups (broad SMARTS) is 1. The molecule has 2 aromatic heterocycles. The van der Waals surface area contributed by atoms with Crippen LogP contribution in [-0.4, -0.2) is 37.7 Å². The Morgan fingerprint density at radius 3 is 2.24 bits per heavy atom. The summed E-state index contributed by atoms with van der Waals surface area (Å²) in [5, 5.41) is 13.6. The molecule has 4 rings (SSSR count). The van der Waals surface area contributed by atoms with Crippen LogP contribution in [-0.2, 0) is 0 Å². The highest BCUT2D eigenvalue weighted by Gasteiger charge is 2.17. The van der Waals surface area contributed by atoms with E-state index in [1.807, 2.05) is 54.8 Å². The topological polar surface area (TPSA) is 109 Å². The van der Waals surface area contributed by atoms with Crippen LogP contribution < -0.4 is 5.43 Å². The van der Waals surface area contributed by atoms with Crippen molar-refractivity contribution < 1.29 is 14.7 Å². The smallest absolute Gasteiger partial charge is 0.337 e. The van der Waals surface area contributed by atoms with Crippen molar-refractivity contribution in [1.82, 2.24) is 20.0 Å². The molecule has 0 aliphatic rings. The van der Waals surface area contributed by atoms with Crippen molar-refractivity contribution in [1.29, 1.82) is 0 Å². The zero-order chi connectivity index (χ0) is 23.4. The quantitative estimate of drug-likeness (QED) is 0.348. The summed E-state index contributed by atoms with van der Waals surface area (Å²) < 4.78 is 1.81. The van der Waals surface area contributed by atoms with Gasteiger partial charge in [-0.15, -0.1) is 0 Å². The highest BCUT2D eigenvalue weighted by Crippen LogP contribution is 2.22. The number of hydrogen-bond donors (Lipinski definition) is 2. The molecular formula is C25H21N5O3. The standard InChI is InChI=1S/C25H21N5O3/c1-16-3-4-17(2)30(16)23-11-20(9-10-22(23)25(32)33)24(31)29-28-12-18-5-7-19(8-6-18)21-13-26-15-27-14-21/h3-15H,1-2H3,(H,29,31)(H,32,33). The summed E-state index contributed by atoms with van der Waals surface area (Å²) in [6.45, 7) is 3.76. The number of benzene rings is 2. The van der Waals surface area contributed by atoms with Gasteiger partial charge in [0.05, 0.1) is 17.5 Å². The maximum atomic E-state index is 12.7. The Morgan fingerprint density at radius 1 is 0.939 bits per heavy atom. The fraction of sp³-hybridized carbons (Fsp3) is 0.0800. The van der Waals surface area contributed by atoms with E-state index in [0.29, 0.717) is 11.3 Å². The van der Waals surface area contributed by atoms with Crippen molar-refractivity contribution in [2.45, 2.75) is 13.8 Å². The van der Waals surface area contributed by atoms with Crippen LogP contribution in [0, 0.1) is 13.8 Å². The third-order valence-corrected chi connectivity index (χ3v) is 5.19. The number of hydrazone groups is 1. The molecule has 8 heteroatoms. The van der Waals surface area contributed by atoms with Crippen molar-refractivity contribution in [3.05, 3.63) is 101 Å². The highest BCUT2D eigenvalue weighted by atomic mass is 16.4. The van der Waals surface area contributed by atoms with Crippen molar-refractivity contribution >= 4 is 18.1 Å². The summed E-state index contributed by atoms with van der Waals surface area (Å²) in [6.07, 6.45) is 6.48. The number of nitrogens with zero attached hydrogens (tertiary/aromatic N) is 4. The molecule has 0 spiro atoms. The van der Waals surface area contributed by atoms with Crippen molar-refractivity contribution in [3.8, 4) is 16.8 Å².